The number of hydrogen-bond donors (Lipinski definition) is 1. The molecule has 7 heteroatoms. The maximum Gasteiger partial charge on any atom is 0.223 e. The van der Waals surface area contributed by atoms with Crippen LogP contribution in [0.3, 0.4) is 0 Å². The molecule has 0 bridgehead atoms. The second-order valence-corrected chi connectivity index (χ2v) is 8.24. The summed E-state index contributed by atoms with van der Waals surface area (Å²) in [5, 5.41) is 2.96. The summed E-state index contributed by atoms with van der Waals surface area (Å²) in [4.78, 5) is 13.9. The van der Waals surface area contributed by atoms with E-state index in [2.05, 4.69) is 5.32 Å². The summed E-state index contributed by atoms with van der Waals surface area (Å²) in [5.74, 6) is 0.215. The Labute approximate surface area is 127 Å². The first kappa shape index (κ1) is 17.7. The summed E-state index contributed by atoms with van der Waals surface area (Å²) >= 11 is 0. The first-order valence-corrected chi connectivity index (χ1v) is 8.81. The highest BCUT2D eigenvalue weighted by Crippen LogP contribution is 2.38. The largest absolute Gasteiger partial charge is 0.340 e. The SMILES string of the molecule is CNCCC(=O)N1CCS(=O)(=O)C2(CCCCC2)C1.Cl. The van der Waals surface area contributed by atoms with E-state index < -0.39 is 14.6 Å². The third-order valence-corrected chi connectivity index (χ3v) is 7.05. The number of carbonyl (C=O) groups excluding carboxylic acids is 1. The van der Waals surface area contributed by atoms with Crippen LogP contribution in [-0.2, 0) is 14.6 Å². The standard InChI is InChI=1S/C13H24N2O3S.ClH/c1-14-8-5-12(16)15-9-10-19(17,18)13(11-15)6-3-2-4-7-13;/h14H,2-11H2,1H3;1H. The highest BCUT2D eigenvalue weighted by Gasteiger charge is 2.48. The van der Waals surface area contributed by atoms with Gasteiger partial charge in [-0.2, -0.15) is 0 Å². The van der Waals surface area contributed by atoms with Crippen LogP contribution in [0.5, 0.6) is 0 Å². The monoisotopic (exact) mass is 324 g/mol. The van der Waals surface area contributed by atoms with Crippen molar-refractivity contribution in [1.29, 1.82) is 0 Å². The van der Waals surface area contributed by atoms with Crippen molar-refractivity contribution < 1.29 is 13.2 Å². The molecule has 0 atom stereocenters. The van der Waals surface area contributed by atoms with Gasteiger partial charge in [-0.1, -0.05) is 19.3 Å². The third-order valence-electron chi connectivity index (χ3n) is 4.48. The lowest BCUT2D eigenvalue weighted by atomic mass is 9.87. The Balaban J connectivity index is 0.00000200. The van der Waals surface area contributed by atoms with Crippen LogP contribution in [0.2, 0.25) is 0 Å². The number of hydrogen-bond acceptors (Lipinski definition) is 4. The van der Waals surface area contributed by atoms with Gasteiger partial charge in [-0.25, -0.2) is 8.42 Å². The van der Waals surface area contributed by atoms with Gasteiger partial charge in [0.1, 0.15) is 0 Å². The van der Waals surface area contributed by atoms with Gasteiger partial charge in [-0.15, -0.1) is 12.4 Å². The van der Waals surface area contributed by atoms with Crippen LogP contribution in [0.1, 0.15) is 38.5 Å². The number of halogens is 1. The Kier molecular flexibility index (Phi) is 6.28. The lowest BCUT2D eigenvalue weighted by Gasteiger charge is -2.44. The van der Waals surface area contributed by atoms with Gasteiger partial charge in [-0.05, 0) is 19.9 Å². The Bertz CT molecular complexity index is 433. The van der Waals surface area contributed by atoms with Gasteiger partial charge in [0.25, 0.3) is 0 Å². The zero-order valence-corrected chi connectivity index (χ0v) is 13.7. The average Bonchev–Trinajstić information content (AvgIpc) is 2.40. The van der Waals surface area contributed by atoms with E-state index in [1.54, 1.807) is 4.90 Å². The topological polar surface area (TPSA) is 66.5 Å². The zero-order chi connectivity index (χ0) is 13.9. The van der Waals surface area contributed by atoms with Crippen molar-refractivity contribution in [3.63, 3.8) is 0 Å². The number of carbonyl (C=O) groups is 1. The van der Waals surface area contributed by atoms with Gasteiger partial charge in [0.05, 0.1) is 10.5 Å². The molecule has 0 aromatic rings. The van der Waals surface area contributed by atoms with Gasteiger partial charge in [0, 0.05) is 26.1 Å². The average molecular weight is 325 g/mol. The van der Waals surface area contributed by atoms with Gasteiger partial charge in [0.15, 0.2) is 9.84 Å². The quantitative estimate of drug-likeness (QED) is 0.840. The molecule has 2 fully saturated rings. The van der Waals surface area contributed by atoms with Crippen molar-refractivity contribution >= 4 is 28.2 Å². The summed E-state index contributed by atoms with van der Waals surface area (Å²) in [6.07, 6.45) is 4.96. The van der Waals surface area contributed by atoms with E-state index in [4.69, 9.17) is 0 Å². The van der Waals surface area contributed by atoms with Crippen LogP contribution in [0.4, 0.5) is 0 Å². The summed E-state index contributed by atoms with van der Waals surface area (Å²) in [5.41, 5.74) is 0. The van der Waals surface area contributed by atoms with E-state index in [0.29, 0.717) is 26.1 Å². The minimum Gasteiger partial charge on any atom is -0.340 e. The normalized spacial score (nSPS) is 24.1. The molecule has 2 rings (SSSR count). The molecule has 1 aliphatic heterocycles. The number of nitrogens with zero attached hydrogens (tertiary/aromatic N) is 1. The summed E-state index contributed by atoms with van der Waals surface area (Å²) in [6, 6.07) is 0. The predicted octanol–water partition coefficient (Wildman–Crippen LogP) is 0.978. The highest BCUT2D eigenvalue weighted by atomic mass is 35.5. The zero-order valence-electron chi connectivity index (χ0n) is 12.1. The fraction of sp³-hybridized carbons (Fsp3) is 0.923. The lowest BCUT2D eigenvalue weighted by molar-refractivity contribution is -0.131. The van der Waals surface area contributed by atoms with E-state index in [9.17, 15) is 13.2 Å². The van der Waals surface area contributed by atoms with Crippen molar-refractivity contribution in [3.8, 4) is 0 Å². The molecular weight excluding hydrogens is 300 g/mol. The first-order valence-electron chi connectivity index (χ1n) is 7.15. The lowest BCUT2D eigenvalue weighted by Crippen LogP contribution is -2.58. The second kappa shape index (κ2) is 7.09. The fourth-order valence-electron chi connectivity index (χ4n) is 3.24. The molecule has 1 saturated heterocycles. The minimum absolute atomic E-state index is 0. The minimum atomic E-state index is -3.04. The van der Waals surface area contributed by atoms with Crippen LogP contribution < -0.4 is 5.32 Å². The predicted molar refractivity (Wildman–Crippen MR) is 82.0 cm³/mol. The Morgan fingerprint density at radius 3 is 2.50 bits per heavy atom. The van der Waals surface area contributed by atoms with Crippen LogP contribution in [0.15, 0.2) is 0 Å². The molecule has 1 saturated carbocycles. The van der Waals surface area contributed by atoms with Crippen LogP contribution >= 0.6 is 12.4 Å². The molecule has 0 aromatic heterocycles. The molecule has 1 aliphatic carbocycles. The highest BCUT2D eigenvalue weighted by molar-refractivity contribution is 7.92. The van der Waals surface area contributed by atoms with E-state index >= 15 is 0 Å². The van der Waals surface area contributed by atoms with Gasteiger partial charge < -0.3 is 10.2 Å². The molecule has 20 heavy (non-hydrogen) atoms. The smallest absolute Gasteiger partial charge is 0.223 e. The number of amides is 1. The molecule has 2 aliphatic rings. The van der Waals surface area contributed by atoms with Gasteiger partial charge in [0.2, 0.25) is 5.91 Å². The van der Waals surface area contributed by atoms with E-state index in [-0.39, 0.29) is 24.1 Å². The molecular formula is C13H25ClN2O3S. The summed E-state index contributed by atoms with van der Waals surface area (Å²) in [7, 11) is -1.23. The molecule has 5 nitrogen and oxygen atoms in total. The number of sulfone groups is 1. The molecule has 0 radical (unpaired) electrons. The van der Waals surface area contributed by atoms with Crippen LogP contribution in [-0.4, -0.2) is 56.4 Å². The van der Waals surface area contributed by atoms with Crippen LogP contribution in [0.25, 0.3) is 0 Å². The van der Waals surface area contributed by atoms with Crippen molar-refractivity contribution in [1.82, 2.24) is 10.2 Å². The van der Waals surface area contributed by atoms with Gasteiger partial charge in [-0.3, -0.25) is 4.79 Å². The van der Waals surface area contributed by atoms with E-state index in [0.717, 1.165) is 32.1 Å². The van der Waals surface area contributed by atoms with E-state index in [1.807, 2.05) is 7.05 Å². The summed E-state index contributed by atoms with van der Waals surface area (Å²) in [6.45, 7) is 1.43. The third kappa shape index (κ3) is 3.46. The molecule has 0 aromatic carbocycles. The maximum absolute atomic E-state index is 12.4. The van der Waals surface area contributed by atoms with Gasteiger partial charge >= 0.3 is 0 Å². The van der Waals surface area contributed by atoms with E-state index in [1.165, 1.54) is 0 Å². The molecule has 1 N–H and O–H groups in total. The summed E-state index contributed by atoms with van der Waals surface area (Å²) < 4.78 is 24.1. The van der Waals surface area contributed by atoms with Crippen molar-refractivity contribution in [2.75, 3.05) is 32.4 Å². The Morgan fingerprint density at radius 1 is 1.25 bits per heavy atom. The van der Waals surface area contributed by atoms with Crippen LogP contribution in [0, 0.1) is 0 Å². The molecule has 1 heterocycles. The number of rotatable bonds is 3. The number of nitrogens with one attached hydrogen (secondary N) is 1. The second-order valence-electron chi connectivity index (χ2n) is 5.73. The Hall–Kier alpha value is -0.330. The van der Waals surface area contributed by atoms with Crippen molar-refractivity contribution in [2.24, 2.45) is 0 Å². The maximum atomic E-state index is 12.4. The Morgan fingerprint density at radius 2 is 1.90 bits per heavy atom. The van der Waals surface area contributed by atoms with Crippen molar-refractivity contribution in [3.05, 3.63) is 0 Å². The fourth-order valence-corrected chi connectivity index (χ4v) is 5.40. The molecule has 0 unspecified atom stereocenters. The molecule has 1 amide bonds. The molecule has 1 spiro atoms. The first-order chi connectivity index (χ1) is 9.01. The molecule has 118 valence electrons. The van der Waals surface area contributed by atoms with Crippen molar-refractivity contribution in [2.45, 2.75) is 43.3 Å².